The molecule has 1 rings (SSSR count). The van der Waals surface area contributed by atoms with Crippen LogP contribution < -0.4 is 0 Å². The maximum atomic E-state index is 5.50. The van der Waals surface area contributed by atoms with Crippen LogP contribution in [0.1, 0.15) is 38.3 Å². The van der Waals surface area contributed by atoms with E-state index in [0.29, 0.717) is 0 Å². The van der Waals surface area contributed by atoms with Gasteiger partial charge in [0.25, 0.3) is 0 Å². The Labute approximate surface area is 97.0 Å². The number of nitrogens with zero attached hydrogens (tertiary/aromatic N) is 2. The molecule has 0 aliphatic carbocycles. The number of halogens is 1. The van der Waals surface area contributed by atoms with Gasteiger partial charge in [-0.2, -0.15) is 0 Å². The minimum atomic E-state index is 0.826. The summed E-state index contributed by atoms with van der Waals surface area (Å²) in [6.07, 6.45) is 12.1. The summed E-state index contributed by atoms with van der Waals surface area (Å²) in [6.45, 7) is 3.06. The van der Waals surface area contributed by atoms with Gasteiger partial charge in [0.15, 0.2) is 0 Å². The summed E-state index contributed by atoms with van der Waals surface area (Å²) in [5, 5.41) is 0. The summed E-state index contributed by atoms with van der Waals surface area (Å²) in [4.78, 5) is 4.16. The van der Waals surface area contributed by atoms with E-state index in [1.807, 2.05) is 18.6 Å². The third-order valence-electron chi connectivity index (χ3n) is 2.48. The van der Waals surface area contributed by atoms with E-state index in [1.165, 1.54) is 31.4 Å². The highest BCUT2D eigenvalue weighted by Crippen LogP contribution is 2.07. The smallest absolute Gasteiger partial charge is 0.0951 e. The predicted octanol–water partition coefficient (Wildman–Crippen LogP) is 3.76. The normalized spacial score (nSPS) is 11.3. The SMILES string of the molecule is CCCCCCc1cncn1CC=CCl. The molecule has 0 saturated carbocycles. The summed E-state index contributed by atoms with van der Waals surface area (Å²) in [7, 11) is 0. The maximum Gasteiger partial charge on any atom is 0.0951 e. The first kappa shape index (κ1) is 12.3. The fourth-order valence-corrected chi connectivity index (χ4v) is 1.69. The van der Waals surface area contributed by atoms with Gasteiger partial charge < -0.3 is 4.57 Å². The fraction of sp³-hybridized carbons (Fsp3) is 0.583. The molecule has 0 aliphatic rings. The Morgan fingerprint density at radius 3 is 3.00 bits per heavy atom. The van der Waals surface area contributed by atoms with Gasteiger partial charge in [-0.15, -0.1) is 0 Å². The second kappa shape index (κ2) is 7.52. The second-order valence-electron chi connectivity index (χ2n) is 3.71. The van der Waals surface area contributed by atoms with Gasteiger partial charge in [0.2, 0.25) is 0 Å². The molecule has 1 aromatic heterocycles. The van der Waals surface area contributed by atoms with Crippen molar-refractivity contribution in [3.05, 3.63) is 29.8 Å². The van der Waals surface area contributed by atoms with Gasteiger partial charge in [0.1, 0.15) is 0 Å². The lowest BCUT2D eigenvalue weighted by Gasteiger charge is -2.04. The van der Waals surface area contributed by atoms with Crippen LogP contribution in [0.4, 0.5) is 0 Å². The first-order chi connectivity index (χ1) is 7.38. The standard InChI is InChI=1S/C12H19ClN2/c1-2-3-4-5-7-12-10-14-11-15(12)9-6-8-13/h6,8,10-11H,2-5,7,9H2,1H3. The summed E-state index contributed by atoms with van der Waals surface area (Å²) in [5.74, 6) is 0. The number of aryl methyl sites for hydroxylation is 1. The van der Waals surface area contributed by atoms with Crippen LogP contribution in [0.3, 0.4) is 0 Å². The molecular weight excluding hydrogens is 208 g/mol. The summed E-state index contributed by atoms with van der Waals surface area (Å²) in [5.41, 5.74) is 2.86. The van der Waals surface area contributed by atoms with Gasteiger partial charge in [-0.05, 0) is 12.8 Å². The van der Waals surface area contributed by atoms with Crippen LogP contribution in [0.2, 0.25) is 0 Å². The van der Waals surface area contributed by atoms with E-state index >= 15 is 0 Å². The molecule has 0 aliphatic heterocycles. The molecule has 3 heteroatoms. The molecule has 2 nitrogen and oxygen atoms in total. The highest BCUT2D eigenvalue weighted by Gasteiger charge is 1.99. The summed E-state index contributed by atoms with van der Waals surface area (Å²) < 4.78 is 2.14. The van der Waals surface area contributed by atoms with Gasteiger partial charge in [0, 0.05) is 24.0 Å². The van der Waals surface area contributed by atoms with Crippen molar-refractivity contribution in [2.45, 2.75) is 45.6 Å². The molecule has 1 aromatic rings. The molecule has 0 fully saturated rings. The number of imidazole rings is 1. The minimum absolute atomic E-state index is 0.826. The Hall–Kier alpha value is -0.760. The number of unbranched alkanes of at least 4 members (excludes halogenated alkanes) is 3. The molecule has 0 N–H and O–H groups in total. The quantitative estimate of drug-likeness (QED) is 0.648. The van der Waals surface area contributed by atoms with Crippen molar-refractivity contribution in [1.29, 1.82) is 0 Å². The molecular formula is C12H19ClN2. The average Bonchev–Trinajstić information content (AvgIpc) is 2.69. The first-order valence-corrected chi connectivity index (χ1v) is 6.06. The molecule has 0 saturated heterocycles. The van der Waals surface area contributed by atoms with E-state index in [9.17, 15) is 0 Å². The van der Waals surface area contributed by atoms with Gasteiger partial charge in [0.05, 0.1) is 6.33 Å². The van der Waals surface area contributed by atoms with E-state index in [1.54, 1.807) is 5.54 Å². The zero-order valence-corrected chi connectivity index (χ0v) is 10.1. The van der Waals surface area contributed by atoms with E-state index in [4.69, 9.17) is 11.6 Å². The van der Waals surface area contributed by atoms with Crippen LogP contribution in [-0.2, 0) is 13.0 Å². The number of allylic oxidation sites excluding steroid dienone is 1. The Balaban J connectivity index is 2.35. The minimum Gasteiger partial charge on any atom is -0.331 e. The van der Waals surface area contributed by atoms with Crippen molar-refractivity contribution in [1.82, 2.24) is 9.55 Å². The summed E-state index contributed by atoms with van der Waals surface area (Å²) in [6, 6.07) is 0. The van der Waals surface area contributed by atoms with Gasteiger partial charge in [-0.25, -0.2) is 4.98 Å². The largest absolute Gasteiger partial charge is 0.331 e. The molecule has 0 unspecified atom stereocenters. The maximum absolute atomic E-state index is 5.50. The summed E-state index contributed by atoms with van der Waals surface area (Å²) >= 11 is 5.50. The number of hydrogen-bond donors (Lipinski definition) is 0. The third-order valence-corrected chi connectivity index (χ3v) is 2.65. The number of rotatable bonds is 7. The van der Waals surface area contributed by atoms with E-state index in [2.05, 4.69) is 16.5 Å². The number of aromatic nitrogens is 2. The lowest BCUT2D eigenvalue weighted by atomic mass is 10.1. The van der Waals surface area contributed by atoms with Crippen molar-refractivity contribution >= 4 is 11.6 Å². The Morgan fingerprint density at radius 2 is 2.27 bits per heavy atom. The van der Waals surface area contributed by atoms with E-state index in [0.717, 1.165) is 13.0 Å². The molecule has 0 bridgehead atoms. The van der Waals surface area contributed by atoms with Crippen LogP contribution in [-0.4, -0.2) is 9.55 Å². The zero-order chi connectivity index (χ0) is 10.9. The highest BCUT2D eigenvalue weighted by atomic mass is 35.5. The Bertz CT molecular complexity index is 292. The average molecular weight is 227 g/mol. The van der Waals surface area contributed by atoms with Gasteiger partial charge >= 0.3 is 0 Å². The molecule has 0 aromatic carbocycles. The zero-order valence-electron chi connectivity index (χ0n) is 9.32. The molecule has 1 heterocycles. The highest BCUT2D eigenvalue weighted by molar-refractivity contribution is 6.25. The van der Waals surface area contributed by atoms with Crippen molar-refractivity contribution < 1.29 is 0 Å². The van der Waals surface area contributed by atoms with Crippen molar-refractivity contribution in [2.24, 2.45) is 0 Å². The van der Waals surface area contributed by atoms with Crippen LogP contribution >= 0.6 is 11.6 Å². The monoisotopic (exact) mass is 226 g/mol. The molecule has 0 atom stereocenters. The van der Waals surface area contributed by atoms with Crippen molar-refractivity contribution in [3.63, 3.8) is 0 Å². The number of hydrogen-bond acceptors (Lipinski definition) is 1. The molecule has 0 spiro atoms. The topological polar surface area (TPSA) is 17.8 Å². The van der Waals surface area contributed by atoms with Crippen molar-refractivity contribution in [2.75, 3.05) is 0 Å². The van der Waals surface area contributed by atoms with Gasteiger partial charge in [-0.1, -0.05) is 43.9 Å². The molecule has 0 amide bonds. The molecule has 15 heavy (non-hydrogen) atoms. The van der Waals surface area contributed by atoms with Crippen LogP contribution in [0.5, 0.6) is 0 Å². The van der Waals surface area contributed by atoms with Crippen LogP contribution in [0.15, 0.2) is 24.1 Å². The van der Waals surface area contributed by atoms with Crippen LogP contribution in [0, 0.1) is 0 Å². The second-order valence-corrected chi connectivity index (χ2v) is 3.96. The Kier molecular flexibility index (Phi) is 6.17. The van der Waals surface area contributed by atoms with Crippen molar-refractivity contribution in [3.8, 4) is 0 Å². The van der Waals surface area contributed by atoms with Gasteiger partial charge in [-0.3, -0.25) is 0 Å². The predicted molar refractivity (Wildman–Crippen MR) is 65.1 cm³/mol. The lowest BCUT2D eigenvalue weighted by molar-refractivity contribution is 0.641. The van der Waals surface area contributed by atoms with E-state index < -0.39 is 0 Å². The van der Waals surface area contributed by atoms with E-state index in [-0.39, 0.29) is 0 Å². The fourth-order valence-electron chi connectivity index (χ4n) is 1.61. The Morgan fingerprint density at radius 1 is 1.40 bits per heavy atom. The molecule has 0 radical (unpaired) electrons. The third kappa shape index (κ3) is 4.52. The lowest BCUT2D eigenvalue weighted by Crippen LogP contribution is -1.99. The molecule has 84 valence electrons. The van der Waals surface area contributed by atoms with Crippen LogP contribution in [0.25, 0.3) is 0 Å². The first-order valence-electron chi connectivity index (χ1n) is 5.62.